The summed E-state index contributed by atoms with van der Waals surface area (Å²) >= 11 is 0. The van der Waals surface area contributed by atoms with E-state index in [-0.39, 0.29) is 29.9 Å². The molecule has 1 amide bonds. The van der Waals surface area contributed by atoms with Crippen LogP contribution in [0.25, 0.3) is 0 Å². The summed E-state index contributed by atoms with van der Waals surface area (Å²) < 4.78 is 39.2. The molecule has 0 aliphatic heterocycles. The summed E-state index contributed by atoms with van der Waals surface area (Å²) in [5, 5.41) is 2.74. The Morgan fingerprint density at radius 2 is 1.78 bits per heavy atom. The molecule has 8 heteroatoms. The van der Waals surface area contributed by atoms with Gasteiger partial charge in [-0.1, -0.05) is 39.2 Å². The van der Waals surface area contributed by atoms with E-state index in [1.165, 1.54) is 5.56 Å². The van der Waals surface area contributed by atoms with E-state index in [9.17, 15) is 13.2 Å². The molecule has 1 aromatic carbocycles. The zero-order chi connectivity index (χ0) is 23.8. The van der Waals surface area contributed by atoms with Crippen LogP contribution in [-0.4, -0.2) is 59.8 Å². The highest BCUT2D eigenvalue weighted by molar-refractivity contribution is 7.91. The Bertz CT molecular complexity index is 766. The van der Waals surface area contributed by atoms with E-state index in [1.807, 2.05) is 13.0 Å². The molecule has 0 radical (unpaired) electrons. The lowest BCUT2D eigenvalue weighted by Gasteiger charge is -2.13. The van der Waals surface area contributed by atoms with Gasteiger partial charge in [-0.15, -0.1) is 0 Å². The van der Waals surface area contributed by atoms with E-state index >= 15 is 0 Å². The quantitative estimate of drug-likeness (QED) is 0.328. The lowest BCUT2D eigenvalue weighted by atomic mass is 10.00. The molecule has 0 saturated carbocycles. The number of sulfone groups is 1. The van der Waals surface area contributed by atoms with Crippen LogP contribution in [0.4, 0.5) is 0 Å². The predicted molar refractivity (Wildman–Crippen MR) is 128 cm³/mol. The molecule has 0 aliphatic carbocycles. The first-order valence-electron chi connectivity index (χ1n) is 11.6. The largest absolute Gasteiger partial charge is 0.493 e. The zero-order valence-electron chi connectivity index (χ0n) is 20.2. The molecule has 1 atom stereocenters. The number of amides is 1. The number of rotatable bonds is 18. The first-order valence-corrected chi connectivity index (χ1v) is 13.4. The van der Waals surface area contributed by atoms with Gasteiger partial charge in [-0.25, -0.2) is 8.42 Å². The zero-order valence-corrected chi connectivity index (χ0v) is 21.0. The first-order chi connectivity index (χ1) is 15.3. The minimum atomic E-state index is -3.04. The Labute approximate surface area is 194 Å². The van der Waals surface area contributed by atoms with Gasteiger partial charge in [0.25, 0.3) is 0 Å². The second-order valence-electron chi connectivity index (χ2n) is 8.06. The first kappa shape index (κ1) is 28.2. The van der Waals surface area contributed by atoms with Gasteiger partial charge in [-0.2, -0.15) is 0 Å². The average Bonchev–Trinajstić information content (AvgIpc) is 2.78. The topological polar surface area (TPSA) is 90.9 Å². The van der Waals surface area contributed by atoms with Gasteiger partial charge in [0.05, 0.1) is 19.5 Å². The van der Waals surface area contributed by atoms with Crippen molar-refractivity contribution in [2.75, 3.05) is 45.5 Å². The number of aryl methyl sites for hydroxylation is 1. The molecule has 0 spiro atoms. The third-order valence-electron chi connectivity index (χ3n) is 5.43. The Kier molecular flexibility index (Phi) is 14.0. The molecule has 0 heterocycles. The van der Waals surface area contributed by atoms with Gasteiger partial charge >= 0.3 is 0 Å². The van der Waals surface area contributed by atoms with Gasteiger partial charge in [-0.05, 0) is 37.0 Å². The van der Waals surface area contributed by atoms with Crippen molar-refractivity contribution in [1.82, 2.24) is 5.32 Å². The van der Waals surface area contributed by atoms with Crippen molar-refractivity contribution in [1.29, 1.82) is 0 Å². The Morgan fingerprint density at radius 3 is 2.47 bits per heavy atom. The van der Waals surface area contributed by atoms with Gasteiger partial charge in [0.1, 0.15) is 0 Å². The molecule has 0 bridgehead atoms. The maximum absolute atomic E-state index is 12.1. The molecular weight excluding hydrogens is 430 g/mol. The molecule has 32 heavy (non-hydrogen) atoms. The number of hydrogen-bond donors (Lipinski definition) is 1. The standard InChI is InChI=1S/C24H41NO6S/c1-5-32(27,28)18-15-25-24(26)20(2)11-8-6-7-9-12-21-13-14-22(30-4)23(19-21)31-17-10-16-29-3/h13-14,19-20H,5-12,15-18H2,1-4H3,(H,25,26)/t20-/m1/s1. The summed E-state index contributed by atoms with van der Waals surface area (Å²) in [5.41, 5.74) is 1.22. The summed E-state index contributed by atoms with van der Waals surface area (Å²) in [6.07, 6.45) is 6.84. The number of hydrogen-bond acceptors (Lipinski definition) is 6. The van der Waals surface area contributed by atoms with Crippen LogP contribution in [0.2, 0.25) is 0 Å². The Balaban J connectivity index is 2.26. The number of nitrogens with one attached hydrogen (secondary N) is 1. The lowest BCUT2D eigenvalue weighted by molar-refractivity contribution is -0.124. The van der Waals surface area contributed by atoms with Crippen LogP contribution in [0, 0.1) is 5.92 Å². The van der Waals surface area contributed by atoms with Crippen LogP contribution < -0.4 is 14.8 Å². The molecule has 184 valence electrons. The minimum Gasteiger partial charge on any atom is -0.493 e. The fraction of sp³-hybridized carbons (Fsp3) is 0.708. The summed E-state index contributed by atoms with van der Waals surface area (Å²) in [7, 11) is 0.285. The van der Waals surface area contributed by atoms with Crippen molar-refractivity contribution in [3.63, 3.8) is 0 Å². The van der Waals surface area contributed by atoms with Crippen molar-refractivity contribution < 1.29 is 27.4 Å². The number of benzene rings is 1. The van der Waals surface area contributed by atoms with E-state index in [0.717, 1.165) is 56.4 Å². The molecule has 1 aromatic rings. The summed E-state index contributed by atoms with van der Waals surface area (Å²) in [4.78, 5) is 12.1. The van der Waals surface area contributed by atoms with Gasteiger partial charge in [0, 0.05) is 38.4 Å². The molecule has 0 aliphatic rings. The highest BCUT2D eigenvalue weighted by atomic mass is 32.2. The number of carbonyl (C=O) groups excluding carboxylic acids is 1. The lowest BCUT2D eigenvalue weighted by Crippen LogP contribution is -2.33. The number of unbranched alkanes of at least 4 members (excludes halogenated alkanes) is 3. The van der Waals surface area contributed by atoms with Crippen molar-refractivity contribution in [2.24, 2.45) is 5.92 Å². The monoisotopic (exact) mass is 471 g/mol. The maximum Gasteiger partial charge on any atom is 0.222 e. The van der Waals surface area contributed by atoms with E-state index in [0.29, 0.717) is 13.2 Å². The van der Waals surface area contributed by atoms with Crippen molar-refractivity contribution in [3.05, 3.63) is 23.8 Å². The van der Waals surface area contributed by atoms with Crippen LogP contribution in [0.3, 0.4) is 0 Å². The highest BCUT2D eigenvalue weighted by Gasteiger charge is 2.14. The normalized spacial score (nSPS) is 12.4. The second-order valence-corrected chi connectivity index (χ2v) is 10.5. The van der Waals surface area contributed by atoms with Crippen molar-refractivity contribution in [3.8, 4) is 11.5 Å². The molecule has 0 unspecified atom stereocenters. The van der Waals surface area contributed by atoms with E-state index in [1.54, 1.807) is 21.1 Å². The third-order valence-corrected chi connectivity index (χ3v) is 7.14. The number of ether oxygens (including phenoxy) is 3. The molecule has 0 saturated heterocycles. The summed E-state index contributed by atoms with van der Waals surface area (Å²) in [6, 6.07) is 6.08. The van der Waals surface area contributed by atoms with Crippen LogP contribution in [-0.2, 0) is 25.8 Å². The number of methoxy groups -OCH3 is 2. The maximum atomic E-state index is 12.1. The van der Waals surface area contributed by atoms with E-state index < -0.39 is 9.84 Å². The fourth-order valence-electron chi connectivity index (χ4n) is 3.29. The predicted octanol–water partition coefficient (Wildman–Crippen LogP) is 3.79. The van der Waals surface area contributed by atoms with Gasteiger partial charge in [0.15, 0.2) is 21.3 Å². The average molecular weight is 472 g/mol. The van der Waals surface area contributed by atoms with Crippen LogP contribution >= 0.6 is 0 Å². The van der Waals surface area contributed by atoms with Gasteiger partial charge in [-0.3, -0.25) is 4.79 Å². The third kappa shape index (κ3) is 11.7. The van der Waals surface area contributed by atoms with Crippen LogP contribution in [0.1, 0.15) is 57.9 Å². The SMILES string of the molecule is CCS(=O)(=O)CCNC(=O)[C@H](C)CCCCCCc1ccc(OC)c(OCCCOC)c1. The van der Waals surface area contributed by atoms with Crippen LogP contribution in [0.5, 0.6) is 11.5 Å². The Hall–Kier alpha value is -1.80. The van der Waals surface area contributed by atoms with Crippen molar-refractivity contribution in [2.45, 2.75) is 58.8 Å². The highest BCUT2D eigenvalue weighted by Crippen LogP contribution is 2.29. The smallest absolute Gasteiger partial charge is 0.222 e. The molecule has 1 rings (SSSR count). The molecule has 0 fully saturated rings. The van der Waals surface area contributed by atoms with Crippen LogP contribution in [0.15, 0.2) is 18.2 Å². The van der Waals surface area contributed by atoms with Gasteiger partial charge in [0.2, 0.25) is 5.91 Å². The molecular formula is C24H41NO6S. The van der Waals surface area contributed by atoms with Gasteiger partial charge < -0.3 is 19.5 Å². The Morgan fingerprint density at radius 1 is 1.03 bits per heavy atom. The molecule has 0 aromatic heterocycles. The summed E-state index contributed by atoms with van der Waals surface area (Å²) in [5.74, 6) is 1.47. The minimum absolute atomic E-state index is 0.00717. The second kappa shape index (κ2) is 15.9. The molecule has 1 N–H and O–H groups in total. The fourth-order valence-corrected chi connectivity index (χ4v) is 3.99. The van der Waals surface area contributed by atoms with E-state index in [2.05, 4.69) is 17.4 Å². The van der Waals surface area contributed by atoms with E-state index in [4.69, 9.17) is 14.2 Å². The van der Waals surface area contributed by atoms with Crippen molar-refractivity contribution >= 4 is 15.7 Å². The molecule has 7 nitrogen and oxygen atoms in total. The number of carbonyl (C=O) groups is 1. The summed E-state index contributed by atoms with van der Waals surface area (Å²) in [6.45, 7) is 4.97.